The van der Waals surface area contributed by atoms with Crippen LogP contribution in [0.1, 0.15) is 0 Å². The Morgan fingerprint density at radius 1 is 0.778 bits per heavy atom. The average Bonchev–Trinajstić information content (AvgIpc) is 2.36. The third kappa shape index (κ3) is 3.89. The molecule has 6 heteroatoms. The largest absolute Gasteiger partial charge is 0.307 e. The molecule has 0 spiro atoms. The molecule has 0 unspecified atom stereocenters. The van der Waals surface area contributed by atoms with E-state index in [-0.39, 0.29) is 12.1 Å². The van der Waals surface area contributed by atoms with Crippen molar-refractivity contribution in [1.29, 1.82) is 0 Å². The van der Waals surface area contributed by atoms with Gasteiger partial charge in [0.05, 0.1) is 11.0 Å². The Morgan fingerprint density at radius 3 is 1.56 bits per heavy atom. The van der Waals surface area contributed by atoms with Gasteiger partial charge in [-0.3, -0.25) is 10.1 Å². The van der Waals surface area contributed by atoms with Crippen molar-refractivity contribution in [3.63, 3.8) is 0 Å². The summed E-state index contributed by atoms with van der Waals surface area (Å²) in [6.07, 6.45) is 0. The van der Waals surface area contributed by atoms with Crippen LogP contribution in [0.5, 0.6) is 0 Å². The molecule has 0 bridgehead atoms. The first-order chi connectivity index (χ1) is 8.52. The van der Waals surface area contributed by atoms with Crippen LogP contribution in [0.2, 0.25) is 0 Å². The third-order valence-corrected chi connectivity index (χ3v) is 1.85. The Hall–Kier alpha value is -2.37. The van der Waals surface area contributed by atoms with Crippen molar-refractivity contribution in [2.24, 2.45) is 0 Å². The first-order valence-corrected chi connectivity index (χ1v) is 4.81. The SMILES string of the molecule is O=[N+]([O-])c1cc(F)c(F)cc1F.c1ccccc1. The summed E-state index contributed by atoms with van der Waals surface area (Å²) < 4.78 is 36.9. The monoisotopic (exact) mass is 255 g/mol. The van der Waals surface area contributed by atoms with Gasteiger partial charge in [0.25, 0.3) is 0 Å². The van der Waals surface area contributed by atoms with E-state index in [1.165, 1.54) is 0 Å². The molecule has 0 aromatic heterocycles. The number of nitro groups is 1. The predicted octanol–water partition coefficient (Wildman–Crippen LogP) is 3.70. The van der Waals surface area contributed by atoms with Gasteiger partial charge < -0.3 is 0 Å². The molecule has 0 aliphatic heterocycles. The van der Waals surface area contributed by atoms with E-state index in [9.17, 15) is 23.3 Å². The van der Waals surface area contributed by atoms with Gasteiger partial charge in [-0.1, -0.05) is 36.4 Å². The number of nitrogens with zero attached hydrogens (tertiary/aromatic N) is 1. The molecular formula is C12H8F3NO2. The summed E-state index contributed by atoms with van der Waals surface area (Å²) in [5.74, 6) is -4.28. The fraction of sp³-hybridized carbons (Fsp3) is 0. The second-order valence-electron chi connectivity index (χ2n) is 3.13. The quantitative estimate of drug-likeness (QED) is 0.443. The molecule has 0 amide bonds. The number of hydrogen-bond donors (Lipinski definition) is 0. The summed E-state index contributed by atoms with van der Waals surface area (Å²) in [5, 5.41) is 9.96. The second kappa shape index (κ2) is 6.39. The summed E-state index contributed by atoms with van der Waals surface area (Å²) in [7, 11) is 0. The molecule has 0 atom stereocenters. The molecule has 0 saturated carbocycles. The van der Waals surface area contributed by atoms with Crippen molar-refractivity contribution in [3.8, 4) is 0 Å². The van der Waals surface area contributed by atoms with Crippen molar-refractivity contribution < 1.29 is 18.1 Å². The average molecular weight is 255 g/mol. The Balaban J connectivity index is 0.000000225. The molecule has 0 fully saturated rings. The van der Waals surface area contributed by atoms with Crippen LogP contribution in [0.4, 0.5) is 18.9 Å². The van der Waals surface area contributed by atoms with Gasteiger partial charge in [-0.25, -0.2) is 8.78 Å². The molecule has 3 nitrogen and oxygen atoms in total. The summed E-state index contributed by atoms with van der Waals surface area (Å²) in [4.78, 5) is 8.83. The van der Waals surface area contributed by atoms with Gasteiger partial charge in [0, 0.05) is 6.07 Å². The zero-order chi connectivity index (χ0) is 13.5. The van der Waals surface area contributed by atoms with E-state index in [0.29, 0.717) is 0 Å². The highest BCUT2D eigenvalue weighted by Gasteiger charge is 2.17. The fourth-order valence-electron chi connectivity index (χ4n) is 1.04. The van der Waals surface area contributed by atoms with Gasteiger partial charge in [0.15, 0.2) is 11.6 Å². The minimum absolute atomic E-state index is 0.132. The maximum absolute atomic E-state index is 12.4. The molecule has 0 aliphatic rings. The van der Waals surface area contributed by atoms with Crippen LogP contribution in [0.3, 0.4) is 0 Å². The van der Waals surface area contributed by atoms with Crippen molar-refractivity contribution in [2.45, 2.75) is 0 Å². The van der Waals surface area contributed by atoms with Gasteiger partial charge >= 0.3 is 5.69 Å². The molecule has 0 aliphatic carbocycles. The van der Waals surface area contributed by atoms with E-state index in [2.05, 4.69) is 0 Å². The van der Waals surface area contributed by atoms with Crippen LogP contribution < -0.4 is 0 Å². The maximum atomic E-state index is 12.4. The Kier molecular flexibility index (Phi) is 4.86. The molecule has 2 aromatic rings. The molecule has 18 heavy (non-hydrogen) atoms. The van der Waals surface area contributed by atoms with Crippen LogP contribution in [0, 0.1) is 27.6 Å². The number of hydrogen-bond acceptors (Lipinski definition) is 2. The highest BCUT2D eigenvalue weighted by molar-refractivity contribution is 5.32. The lowest BCUT2D eigenvalue weighted by molar-refractivity contribution is -0.387. The standard InChI is InChI=1S/C6H2F3NO2.C6H6/c7-3-1-5(9)6(10(11)12)2-4(3)8;1-2-4-6-5-3-1/h1-2H;1-6H. The first-order valence-electron chi connectivity index (χ1n) is 4.81. The van der Waals surface area contributed by atoms with E-state index in [0.717, 1.165) is 0 Å². The van der Waals surface area contributed by atoms with Crippen molar-refractivity contribution >= 4 is 5.69 Å². The number of nitro benzene ring substituents is 1. The van der Waals surface area contributed by atoms with E-state index in [1.54, 1.807) is 0 Å². The molecule has 2 rings (SSSR count). The lowest BCUT2D eigenvalue weighted by Crippen LogP contribution is -1.95. The predicted molar refractivity (Wildman–Crippen MR) is 59.4 cm³/mol. The number of halogens is 3. The topological polar surface area (TPSA) is 43.1 Å². The zero-order valence-corrected chi connectivity index (χ0v) is 9.02. The van der Waals surface area contributed by atoms with Crippen LogP contribution in [0.25, 0.3) is 0 Å². The lowest BCUT2D eigenvalue weighted by Gasteiger charge is -1.94. The molecule has 0 N–H and O–H groups in total. The van der Waals surface area contributed by atoms with Crippen LogP contribution in [-0.4, -0.2) is 4.92 Å². The molecule has 0 radical (unpaired) electrons. The van der Waals surface area contributed by atoms with Crippen LogP contribution in [-0.2, 0) is 0 Å². The van der Waals surface area contributed by atoms with Crippen molar-refractivity contribution in [3.05, 3.63) is 76.1 Å². The van der Waals surface area contributed by atoms with E-state index in [4.69, 9.17) is 0 Å². The van der Waals surface area contributed by atoms with Gasteiger partial charge in [0.1, 0.15) is 0 Å². The van der Waals surface area contributed by atoms with E-state index < -0.39 is 28.1 Å². The van der Waals surface area contributed by atoms with Gasteiger partial charge in [0.2, 0.25) is 5.82 Å². The van der Waals surface area contributed by atoms with E-state index >= 15 is 0 Å². The highest BCUT2D eigenvalue weighted by Crippen LogP contribution is 2.19. The highest BCUT2D eigenvalue weighted by atomic mass is 19.2. The zero-order valence-electron chi connectivity index (χ0n) is 9.02. The Bertz CT molecular complexity index is 506. The van der Waals surface area contributed by atoms with Crippen molar-refractivity contribution in [2.75, 3.05) is 0 Å². The smallest absolute Gasteiger partial charge is 0.258 e. The normalized spacial score (nSPS) is 9.28. The summed E-state index contributed by atoms with van der Waals surface area (Å²) in [6, 6.07) is 12.3. The summed E-state index contributed by atoms with van der Waals surface area (Å²) in [6.45, 7) is 0. The van der Waals surface area contributed by atoms with E-state index in [1.807, 2.05) is 36.4 Å². The Morgan fingerprint density at radius 2 is 1.17 bits per heavy atom. The molecule has 2 aromatic carbocycles. The number of rotatable bonds is 1. The van der Waals surface area contributed by atoms with Crippen LogP contribution in [0.15, 0.2) is 48.5 Å². The molecule has 0 heterocycles. The molecule has 94 valence electrons. The van der Waals surface area contributed by atoms with Crippen molar-refractivity contribution in [1.82, 2.24) is 0 Å². The number of benzene rings is 2. The molecule has 0 saturated heterocycles. The Labute approximate surface area is 101 Å². The minimum atomic E-state index is -1.45. The minimum Gasteiger partial charge on any atom is -0.258 e. The van der Waals surface area contributed by atoms with Crippen LogP contribution >= 0.6 is 0 Å². The summed E-state index contributed by atoms with van der Waals surface area (Å²) in [5.41, 5.74) is -1.08. The second-order valence-corrected chi connectivity index (χ2v) is 3.13. The third-order valence-electron chi connectivity index (χ3n) is 1.85. The van der Waals surface area contributed by atoms with Gasteiger partial charge in [-0.05, 0) is 0 Å². The fourth-order valence-corrected chi connectivity index (χ4v) is 1.04. The summed E-state index contributed by atoms with van der Waals surface area (Å²) >= 11 is 0. The van der Waals surface area contributed by atoms with Gasteiger partial charge in [-0.15, -0.1) is 0 Å². The molecular weight excluding hydrogens is 247 g/mol. The lowest BCUT2D eigenvalue weighted by atomic mass is 10.3. The van der Waals surface area contributed by atoms with Gasteiger partial charge in [-0.2, -0.15) is 4.39 Å². The first kappa shape index (κ1) is 13.7. The maximum Gasteiger partial charge on any atom is 0.307 e.